The second-order valence-corrected chi connectivity index (χ2v) is 7.56. The number of fused-ring (bicyclic) bond motifs is 1. The molecule has 0 spiro atoms. The molecule has 1 heterocycles. The van der Waals surface area contributed by atoms with Crippen molar-refractivity contribution in [3.8, 4) is 5.75 Å². The molecule has 3 aromatic rings. The quantitative estimate of drug-likeness (QED) is 0.485. The van der Waals surface area contributed by atoms with Gasteiger partial charge in [0.1, 0.15) is 5.76 Å². The van der Waals surface area contributed by atoms with Crippen LogP contribution in [-0.2, 0) is 10.0 Å². The van der Waals surface area contributed by atoms with Gasteiger partial charge in [0.15, 0.2) is 11.3 Å². The van der Waals surface area contributed by atoms with Crippen LogP contribution in [0.1, 0.15) is 25.6 Å². The van der Waals surface area contributed by atoms with E-state index in [1.807, 2.05) is 19.1 Å². The Morgan fingerprint density at radius 2 is 1.93 bits per heavy atom. The number of furan rings is 1. The first kappa shape index (κ1) is 18.9. The lowest BCUT2D eigenvalue weighted by atomic mass is 10.2. The maximum Gasteiger partial charge on any atom is 0.269 e. The van der Waals surface area contributed by atoms with Gasteiger partial charge in [-0.15, -0.1) is 0 Å². The van der Waals surface area contributed by atoms with E-state index in [2.05, 4.69) is 4.72 Å². The molecule has 0 radical (unpaired) electrons. The van der Waals surface area contributed by atoms with Crippen molar-refractivity contribution in [2.45, 2.75) is 24.8 Å². The second-order valence-electron chi connectivity index (χ2n) is 5.85. The van der Waals surface area contributed by atoms with E-state index in [1.165, 1.54) is 12.1 Å². The van der Waals surface area contributed by atoms with Crippen molar-refractivity contribution in [2.75, 3.05) is 6.61 Å². The molecule has 0 aliphatic heterocycles. The maximum absolute atomic E-state index is 12.5. The van der Waals surface area contributed by atoms with Crippen LogP contribution in [0.15, 0.2) is 57.8 Å². The summed E-state index contributed by atoms with van der Waals surface area (Å²) in [6.07, 6.45) is 0. The number of hydrogen-bond acceptors (Lipinski definition) is 6. The molecule has 0 saturated heterocycles. The molecule has 0 aliphatic rings. The molecule has 8 nitrogen and oxygen atoms in total. The standard InChI is InChI=1S/C18H18N2O6S/c1-3-25-16-6-4-5-13-11-17(26-18(13)16)12(2)19-27(23,24)15-9-7-14(8-10-15)20(21)22/h4-12,19H,3H2,1-2H3. The summed E-state index contributed by atoms with van der Waals surface area (Å²) < 4.78 is 38.9. The molecule has 9 heteroatoms. The lowest BCUT2D eigenvalue weighted by Crippen LogP contribution is -2.26. The molecule has 3 rings (SSSR count). The molecular formula is C18H18N2O6S. The number of ether oxygens (including phenoxy) is 1. The Morgan fingerprint density at radius 1 is 1.22 bits per heavy atom. The van der Waals surface area contributed by atoms with E-state index in [0.717, 1.165) is 17.5 Å². The zero-order valence-electron chi connectivity index (χ0n) is 14.7. The highest BCUT2D eigenvalue weighted by Gasteiger charge is 2.22. The summed E-state index contributed by atoms with van der Waals surface area (Å²) >= 11 is 0. The number of non-ortho nitro benzene ring substituents is 1. The Balaban J connectivity index is 1.85. The highest BCUT2D eigenvalue weighted by atomic mass is 32.2. The predicted octanol–water partition coefficient (Wildman–Crippen LogP) is 3.78. The normalized spacial score (nSPS) is 12.8. The molecule has 0 aliphatic carbocycles. The van der Waals surface area contributed by atoms with Crippen LogP contribution in [0.4, 0.5) is 5.69 Å². The maximum atomic E-state index is 12.5. The fraction of sp³-hybridized carbons (Fsp3) is 0.222. The molecule has 27 heavy (non-hydrogen) atoms. The average Bonchev–Trinajstić information content (AvgIpc) is 3.07. The third kappa shape index (κ3) is 3.93. The third-order valence-corrected chi connectivity index (χ3v) is 5.50. The van der Waals surface area contributed by atoms with Crippen LogP contribution in [0.25, 0.3) is 11.0 Å². The molecular weight excluding hydrogens is 372 g/mol. The van der Waals surface area contributed by atoms with Crippen molar-refractivity contribution in [1.29, 1.82) is 0 Å². The van der Waals surface area contributed by atoms with Gasteiger partial charge >= 0.3 is 0 Å². The highest BCUT2D eigenvalue weighted by molar-refractivity contribution is 7.89. The molecule has 0 bridgehead atoms. The fourth-order valence-corrected chi connectivity index (χ4v) is 3.86. The summed E-state index contributed by atoms with van der Waals surface area (Å²) in [6, 6.07) is 11.3. The van der Waals surface area contributed by atoms with Gasteiger partial charge in [-0.3, -0.25) is 10.1 Å². The number of nitrogens with one attached hydrogen (secondary N) is 1. The first-order valence-electron chi connectivity index (χ1n) is 8.24. The molecule has 2 aromatic carbocycles. The number of nitro groups is 1. The summed E-state index contributed by atoms with van der Waals surface area (Å²) in [4.78, 5) is 10.1. The molecule has 1 unspecified atom stereocenters. The molecule has 1 atom stereocenters. The van der Waals surface area contributed by atoms with Gasteiger partial charge < -0.3 is 9.15 Å². The van der Waals surface area contributed by atoms with Gasteiger partial charge in [-0.25, -0.2) is 13.1 Å². The molecule has 142 valence electrons. The highest BCUT2D eigenvalue weighted by Crippen LogP contribution is 2.31. The summed E-state index contributed by atoms with van der Waals surface area (Å²) in [5.41, 5.74) is 0.374. The number of para-hydroxylation sites is 1. The van der Waals surface area contributed by atoms with Crippen molar-refractivity contribution >= 4 is 26.7 Å². The molecule has 0 fully saturated rings. The van der Waals surface area contributed by atoms with E-state index in [-0.39, 0.29) is 10.6 Å². The minimum absolute atomic E-state index is 0.0638. The van der Waals surface area contributed by atoms with Crippen LogP contribution in [0.3, 0.4) is 0 Å². The predicted molar refractivity (Wildman–Crippen MR) is 99.2 cm³/mol. The Morgan fingerprint density at radius 3 is 2.56 bits per heavy atom. The summed E-state index contributed by atoms with van der Waals surface area (Å²) in [7, 11) is -3.87. The Hall–Kier alpha value is -2.91. The number of nitrogens with zero attached hydrogens (tertiary/aromatic N) is 1. The number of rotatable bonds is 7. The van der Waals surface area contributed by atoms with Crippen LogP contribution in [0, 0.1) is 10.1 Å². The van der Waals surface area contributed by atoms with Crippen molar-refractivity contribution in [3.05, 3.63) is 64.4 Å². The Bertz CT molecular complexity index is 1070. The lowest BCUT2D eigenvalue weighted by molar-refractivity contribution is -0.384. The van der Waals surface area contributed by atoms with Gasteiger partial charge in [-0.05, 0) is 38.1 Å². The molecule has 0 amide bonds. The van der Waals surface area contributed by atoms with Crippen molar-refractivity contribution in [2.24, 2.45) is 0 Å². The summed E-state index contributed by atoms with van der Waals surface area (Å²) in [6.45, 7) is 4.00. The van der Waals surface area contributed by atoms with Gasteiger partial charge in [-0.2, -0.15) is 0 Å². The zero-order chi connectivity index (χ0) is 19.6. The van der Waals surface area contributed by atoms with Crippen LogP contribution in [0.2, 0.25) is 0 Å². The van der Waals surface area contributed by atoms with Crippen LogP contribution >= 0.6 is 0 Å². The van der Waals surface area contributed by atoms with Gasteiger partial charge in [0, 0.05) is 17.5 Å². The number of benzene rings is 2. The number of hydrogen-bond donors (Lipinski definition) is 1. The van der Waals surface area contributed by atoms with Crippen molar-refractivity contribution in [1.82, 2.24) is 4.72 Å². The van der Waals surface area contributed by atoms with E-state index in [4.69, 9.17) is 9.15 Å². The summed E-state index contributed by atoms with van der Waals surface area (Å²) in [5, 5.41) is 11.5. The Kier molecular flexibility index (Phi) is 5.15. The SMILES string of the molecule is CCOc1cccc2cc(C(C)NS(=O)(=O)c3ccc([N+](=O)[O-])cc3)oc12. The first-order chi connectivity index (χ1) is 12.8. The topological polar surface area (TPSA) is 112 Å². The van der Waals surface area contributed by atoms with E-state index >= 15 is 0 Å². The van der Waals surface area contributed by atoms with E-state index in [0.29, 0.717) is 23.7 Å². The average molecular weight is 390 g/mol. The van der Waals surface area contributed by atoms with Gasteiger partial charge in [0.25, 0.3) is 5.69 Å². The van der Waals surface area contributed by atoms with Crippen LogP contribution in [-0.4, -0.2) is 19.9 Å². The van der Waals surface area contributed by atoms with Crippen LogP contribution in [0.5, 0.6) is 5.75 Å². The molecule has 1 N–H and O–H groups in total. The monoisotopic (exact) mass is 390 g/mol. The van der Waals surface area contributed by atoms with Crippen molar-refractivity contribution in [3.63, 3.8) is 0 Å². The van der Waals surface area contributed by atoms with Crippen LogP contribution < -0.4 is 9.46 Å². The molecule has 0 saturated carbocycles. The van der Waals surface area contributed by atoms with Gasteiger partial charge in [0.05, 0.1) is 22.5 Å². The smallest absolute Gasteiger partial charge is 0.269 e. The first-order valence-corrected chi connectivity index (χ1v) is 9.72. The number of sulfonamides is 1. The van der Waals surface area contributed by atoms with E-state index < -0.39 is 21.0 Å². The van der Waals surface area contributed by atoms with E-state index in [1.54, 1.807) is 19.1 Å². The molecule has 1 aromatic heterocycles. The number of nitro benzene ring substituents is 1. The summed E-state index contributed by atoms with van der Waals surface area (Å²) in [5.74, 6) is 1.02. The van der Waals surface area contributed by atoms with E-state index in [9.17, 15) is 18.5 Å². The zero-order valence-corrected chi connectivity index (χ0v) is 15.5. The lowest BCUT2D eigenvalue weighted by Gasteiger charge is -2.12. The fourth-order valence-electron chi connectivity index (χ4n) is 2.64. The minimum Gasteiger partial charge on any atom is -0.490 e. The van der Waals surface area contributed by atoms with Gasteiger partial charge in [-0.1, -0.05) is 12.1 Å². The second kappa shape index (κ2) is 7.37. The minimum atomic E-state index is -3.87. The van der Waals surface area contributed by atoms with Crippen molar-refractivity contribution < 1.29 is 22.5 Å². The van der Waals surface area contributed by atoms with Gasteiger partial charge in [0.2, 0.25) is 10.0 Å². The Labute approximate surface area is 156 Å². The largest absolute Gasteiger partial charge is 0.490 e. The third-order valence-electron chi connectivity index (χ3n) is 3.94.